The third kappa shape index (κ3) is 2.67. The Kier molecular flexibility index (Phi) is 3.68. The number of thiophene rings is 1. The molecule has 0 spiro atoms. The Morgan fingerprint density at radius 3 is 2.67 bits per heavy atom. The predicted octanol–water partition coefficient (Wildman–Crippen LogP) is 4.90. The van der Waals surface area contributed by atoms with Crippen LogP contribution >= 0.6 is 11.3 Å². The van der Waals surface area contributed by atoms with E-state index in [2.05, 4.69) is 12.1 Å². The molecule has 134 valence electrons. The summed E-state index contributed by atoms with van der Waals surface area (Å²) >= 11 is 1.68. The lowest BCUT2D eigenvalue weighted by atomic mass is 9.98. The van der Waals surface area contributed by atoms with Gasteiger partial charge in [-0.3, -0.25) is 10.1 Å². The van der Waals surface area contributed by atoms with E-state index in [1.807, 2.05) is 34.7 Å². The second-order valence-corrected chi connectivity index (χ2v) is 7.43. The summed E-state index contributed by atoms with van der Waals surface area (Å²) in [7, 11) is 0. The number of para-hydroxylation sites is 1. The molecule has 0 N–H and O–H groups in total. The van der Waals surface area contributed by atoms with Crippen molar-refractivity contribution in [2.24, 2.45) is 5.10 Å². The average Bonchev–Trinajstić information content (AvgIpc) is 3.37. The second kappa shape index (κ2) is 6.21. The zero-order valence-electron chi connectivity index (χ0n) is 14.2. The highest BCUT2D eigenvalue weighted by molar-refractivity contribution is 7.12. The normalized spacial score (nSPS) is 20.4. The van der Waals surface area contributed by atoms with Gasteiger partial charge < -0.3 is 4.74 Å². The van der Waals surface area contributed by atoms with Crippen LogP contribution in [0.1, 0.15) is 34.7 Å². The van der Waals surface area contributed by atoms with E-state index in [9.17, 15) is 10.1 Å². The first-order valence-electron chi connectivity index (χ1n) is 8.60. The van der Waals surface area contributed by atoms with Crippen LogP contribution in [-0.2, 0) is 0 Å². The fraction of sp³-hybridized carbons (Fsp3) is 0.150. The molecule has 0 saturated heterocycles. The number of non-ortho nitro benzene ring substituents is 1. The molecular weight excluding hydrogens is 362 g/mol. The van der Waals surface area contributed by atoms with Crippen molar-refractivity contribution in [1.29, 1.82) is 0 Å². The Bertz CT molecular complexity index is 1030. The Labute approximate surface area is 159 Å². The average molecular weight is 377 g/mol. The molecule has 5 rings (SSSR count). The van der Waals surface area contributed by atoms with E-state index >= 15 is 0 Å². The van der Waals surface area contributed by atoms with Gasteiger partial charge in [-0.15, -0.1) is 11.3 Å². The van der Waals surface area contributed by atoms with Gasteiger partial charge in [-0.05, 0) is 29.6 Å². The lowest BCUT2D eigenvalue weighted by molar-refractivity contribution is -0.384. The molecule has 6 nitrogen and oxygen atoms in total. The number of hydrogen-bond donors (Lipinski definition) is 0. The van der Waals surface area contributed by atoms with Gasteiger partial charge >= 0.3 is 0 Å². The molecule has 2 aromatic carbocycles. The van der Waals surface area contributed by atoms with Crippen LogP contribution < -0.4 is 4.74 Å². The van der Waals surface area contributed by atoms with Crippen LogP contribution in [0.15, 0.2) is 71.1 Å². The number of benzene rings is 2. The molecular formula is C20H15N3O3S. The van der Waals surface area contributed by atoms with Gasteiger partial charge in [-0.2, -0.15) is 5.10 Å². The SMILES string of the molecule is O=[N+]([O-])c1ccc([C@@H]2Oc3ccccc3[C@@H]3CC(c4cccs4)=NN32)cc1. The first kappa shape index (κ1) is 16.0. The number of fused-ring (bicyclic) bond motifs is 3. The van der Waals surface area contributed by atoms with Crippen LogP contribution in [0.5, 0.6) is 5.75 Å². The maximum absolute atomic E-state index is 11.0. The number of nitro groups is 1. The summed E-state index contributed by atoms with van der Waals surface area (Å²) in [5, 5.41) is 19.9. The number of ether oxygens (including phenoxy) is 1. The van der Waals surface area contributed by atoms with E-state index in [1.165, 1.54) is 12.1 Å². The minimum atomic E-state index is -0.414. The van der Waals surface area contributed by atoms with Gasteiger partial charge in [0, 0.05) is 29.7 Å². The Morgan fingerprint density at radius 1 is 1.11 bits per heavy atom. The molecule has 0 saturated carbocycles. The van der Waals surface area contributed by atoms with E-state index in [0.717, 1.165) is 33.9 Å². The summed E-state index contributed by atoms with van der Waals surface area (Å²) in [5.74, 6) is 0.838. The maximum Gasteiger partial charge on any atom is 0.269 e. The third-order valence-corrected chi connectivity index (χ3v) is 5.81. The van der Waals surface area contributed by atoms with E-state index in [1.54, 1.807) is 23.5 Å². The molecule has 0 bridgehead atoms. The van der Waals surface area contributed by atoms with Gasteiger partial charge in [-0.25, -0.2) is 5.01 Å². The van der Waals surface area contributed by atoms with Gasteiger partial charge in [0.05, 0.1) is 21.6 Å². The topological polar surface area (TPSA) is 68.0 Å². The zero-order chi connectivity index (χ0) is 18.4. The van der Waals surface area contributed by atoms with Gasteiger partial charge in [0.1, 0.15) is 5.75 Å². The lowest BCUT2D eigenvalue weighted by Crippen LogP contribution is -2.33. The number of nitro benzene ring substituents is 1. The monoisotopic (exact) mass is 377 g/mol. The van der Waals surface area contributed by atoms with Crippen molar-refractivity contribution in [2.45, 2.75) is 18.7 Å². The maximum atomic E-state index is 11.0. The molecule has 7 heteroatoms. The van der Waals surface area contributed by atoms with Crippen molar-refractivity contribution in [3.8, 4) is 5.75 Å². The minimum Gasteiger partial charge on any atom is -0.464 e. The van der Waals surface area contributed by atoms with E-state index < -0.39 is 11.2 Å². The van der Waals surface area contributed by atoms with Crippen molar-refractivity contribution in [3.63, 3.8) is 0 Å². The number of nitrogens with zero attached hydrogens (tertiary/aromatic N) is 3. The molecule has 0 amide bonds. The molecule has 0 radical (unpaired) electrons. The highest BCUT2D eigenvalue weighted by Crippen LogP contribution is 2.47. The van der Waals surface area contributed by atoms with Crippen molar-refractivity contribution in [2.75, 3.05) is 0 Å². The fourth-order valence-electron chi connectivity index (χ4n) is 3.61. The fourth-order valence-corrected chi connectivity index (χ4v) is 4.33. The third-order valence-electron chi connectivity index (χ3n) is 4.89. The van der Waals surface area contributed by atoms with Crippen molar-refractivity contribution >= 4 is 22.7 Å². The van der Waals surface area contributed by atoms with Crippen molar-refractivity contribution in [3.05, 3.63) is 92.2 Å². The van der Waals surface area contributed by atoms with Crippen LogP contribution in [0.4, 0.5) is 5.69 Å². The quantitative estimate of drug-likeness (QED) is 0.481. The Hall–Kier alpha value is -3.19. The van der Waals surface area contributed by atoms with Gasteiger partial charge in [0.2, 0.25) is 6.23 Å². The van der Waals surface area contributed by atoms with Crippen molar-refractivity contribution in [1.82, 2.24) is 5.01 Å². The second-order valence-electron chi connectivity index (χ2n) is 6.48. The van der Waals surface area contributed by atoms with Crippen molar-refractivity contribution < 1.29 is 9.66 Å². The number of hydrazone groups is 1. The molecule has 3 aromatic rings. The Morgan fingerprint density at radius 2 is 1.93 bits per heavy atom. The molecule has 3 heterocycles. The first-order chi connectivity index (χ1) is 13.2. The first-order valence-corrected chi connectivity index (χ1v) is 9.48. The largest absolute Gasteiger partial charge is 0.464 e. The van der Waals surface area contributed by atoms with E-state index in [-0.39, 0.29) is 11.7 Å². The predicted molar refractivity (Wildman–Crippen MR) is 103 cm³/mol. The summed E-state index contributed by atoms with van der Waals surface area (Å²) in [6, 6.07) is 18.7. The smallest absolute Gasteiger partial charge is 0.269 e. The molecule has 0 fully saturated rings. The molecule has 2 aliphatic rings. The molecule has 0 aliphatic carbocycles. The summed E-state index contributed by atoms with van der Waals surface area (Å²) in [6.45, 7) is 0. The minimum absolute atomic E-state index is 0.0655. The van der Waals surface area contributed by atoms with Gasteiger partial charge in [0.25, 0.3) is 5.69 Å². The molecule has 27 heavy (non-hydrogen) atoms. The molecule has 1 aromatic heterocycles. The summed E-state index contributed by atoms with van der Waals surface area (Å²) in [4.78, 5) is 11.7. The van der Waals surface area contributed by atoms with Gasteiger partial charge in [-0.1, -0.05) is 24.3 Å². The summed E-state index contributed by atoms with van der Waals surface area (Å²) in [5.41, 5.74) is 3.07. The standard InChI is InChI=1S/C20H15N3O3S/c24-23(25)14-9-7-13(8-10-14)20-22-17(15-4-1-2-5-18(15)26-20)12-16(21-22)19-6-3-11-27-19/h1-11,17,20H,12H2/t17-,20-/m0/s1. The van der Waals surface area contributed by atoms with Crippen LogP contribution in [0, 0.1) is 10.1 Å². The number of hydrogen-bond acceptors (Lipinski definition) is 6. The van der Waals surface area contributed by atoms with E-state index in [4.69, 9.17) is 9.84 Å². The number of rotatable bonds is 3. The van der Waals surface area contributed by atoms with Crippen LogP contribution in [-0.4, -0.2) is 15.6 Å². The van der Waals surface area contributed by atoms with Crippen LogP contribution in [0.2, 0.25) is 0 Å². The molecule has 2 atom stereocenters. The lowest BCUT2D eigenvalue weighted by Gasteiger charge is -2.38. The van der Waals surface area contributed by atoms with E-state index in [0.29, 0.717) is 0 Å². The van der Waals surface area contributed by atoms with Crippen LogP contribution in [0.3, 0.4) is 0 Å². The highest BCUT2D eigenvalue weighted by atomic mass is 32.1. The van der Waals surface area contributed by atoms with Gasteiger partial charge in [0.15, 0.2) is 0 Å². The summed E-state index contributed by atoms with van der Waals surface area (Å²) in [6.07, 6.45) is 0.396. The van der Waals surface area contributed by atoms with Crippen LogP contribution in [0.25, 0.3) is 0 Å². The molecule has 2 aliphatic heterocycles. The highest BCUT2D eigenvalue weighted by Gasteiger charge is 2.41. The zero-order valence-corrected chi connectivity index (χ0v) is 15.0. The summed E-state index contributed by atoms with van der Waals surface area (Å²) < 4.78 is 6.25. The molecule has 0 unspecified atom stereocenters. The Balaban J connectivity index is 1.57.